The fraction of sp³-hybridized carbons (Fsp3) is 0.569. The van der Waals surface area contributed by atoms with Gasteiger partial charge in [-0.3, -0.25) is 14.4 Å². The maximum atomic E-state index is 12.7. The van der Waals surface area contributed by atoms with Crippen LogP contribution in [0.1, 0.15) is 162 Å². The van der Waals surface area contributed by atoms with Crippen LogP contribution >= 0.6 is 0 Å². The molecule has 0 rings (SSSR count). The van der Waals surface area contributed by atoms with Crippen LogP contribution in [0.3, 0.4) is 0 Å². The number of amides is 2. The zero-order valence-corrected chi connectivity index (χ0v) is 37.2. The molecular weight excluding hydrogens is 753 g/mol. The minimum atomic E-state index is -1.39. The van der Waals surface area contributed by atoms with Crippen molar-refractivity contribution in [2.45, 2.75) is 174 Å². The molecule has 0 saturated heterocycles. The molecule has 0 aliphatic carbocycles. The van der Waals surface area contributed by atoms with Gasteiger partial charge in [0.1, 0.15) is 12.1 Å². The van der Waals surface area contributed by atoms with Crippen LogP contribution < -0.4 is 10.6 Å². The van der Waals surface area contributed by atoms with Gasteiger partial charge in [-0.15, -0.1) is 0 Å². The summed E-state index contributed by atoms with van der Waals surface area (Å²) in [5.41, 5.74) is 0. The van der Waals surface area contributed by atoms with Crippen molar-refractivity contribution in [3.05, 3.63) is 109 Å². The van der Waals surface area contributed by atoms with Crippen LogP contribution in [0.5, 0.6) is 0 Å². The van der Waals surface area contributed by atoms with Gasteiger partial charge in [-0.2, -0.15) is 0 Å². The number of nitrogens with one attached hydrogen (secondary N) is 2. The molecule has 0 spiro atoms. The highest BCUT2D eigenvalue weighted by Gasteiger charge is 2.18. The quantitative estimate of drug-likeness (QED) is 0.0274. The van der Waals surface area contributed by atoms with Gasteiger partial charge >= 0.3 is 11.9 Å². The number of rotatable bonds is 39. The van der Waals surface area contributed by atoms with Gasteiger partial charge < -0.3 is 25.6 Å². The summed E-state index contributed by atoms with van der Waals surface area (Å²) in [5, 5.41) is 22.5. The number of aliphatic carboxylic acids is 1. The van der Waals surface area contributed by atoms with Crippen LogP contribution in [0.15, 0.2) is 109 Å². The van der Waals surface area contributed by atoms with Gasteiger partial charge in [-0.1, -0.05) is 156 Å². The van der Waals surface area contributed by atoms with E-state index >= 15 is 0 Å². The Bertz CT molecular complexity index is 1370. The van der Waals surface area contributed by atoms with E-state index in [4.69, 9.17) is 14.9 Å². The van der Waals surface area contributed by atoms with Crippen molar-refractivity contribution in [3.63, 3.8) is 0 Å². The maximum absolute atomic E-state index is 12.7. The summed E-state index contributed by atoms with van der Waals surface area (Å²) >= 11 is 0. The normalized spacial score (nSPS) is 13.5. The number of carboxylic acid groups (broad SMARTS) is 1. The summed E-state index contributed by atoms with van der Waals surface area (Å²) in [7, 11) is 0. The Morgan fingerprint density at radius 2 is 1.02 bits per heavy atom. The average molecular weight is 833 g/mol. The molecule has 0 aliphatic heterocycles. The Balaban J connectivity index is 4.34. The predicted molar refractivity (Wildman–Crippen MR) is 249 cm³/mol. The number of hydrogen-bond donors (Lipinski definition) is 4. The van der Waals surface area contributed by atoms with Crippen LogP contribution in [0.2, 0.25) is 0 Å². The van der Waals surface area contributed by atoms with Crippen LogP contribution in [0, 0.1) is 0 Å². The second-order valence-electron chi connectivity index (χ2n) is 14.8. The highest BCUT2D eigenvalue weighted by molar-refractivity contribution is 5.87. The van der Waals surface area contributed by atoms with E-state index < -0.39 is 24.5 Å². The topological polar surface area (TPSA) is 142 Å². The summed E-state index contributed by atoms with van der Waals surface area (Å²) in [4.78, 5) is 47.4. The smallest absolute Gasteiger partial charge is 0.328 e. The van der Waals surface area contributed by atoms with Crippen molar-refractivity contribution in [2.75, 3.05) is 13.2 Å². The third kappa shape index (κ3) is 40.3. The summed E-state index contributed by atoms with van der Waals surface area (Å²) in [5.74, 6) is -2.43. The second-order valence-corrected chi connectivity index (χ2v) is 14.8. The van der Waals surface area contributed by atoms with E-state index in [0.717, 1.165) is 109 Å². The van der Waals surface area contributed by atoms with Gasteiger partial charge in [0.15, 0.2) is 0 Å². The number of allylic oxidation sites excluding steroid dienone is 17. The Hall–Kier alpha value is -4.50. The van der Waals surface area contributed by atoms with Gasteiger partial charge in [-0.05, 0) is 102 Å². The van der Waals surface area contributed by atoms with Crippen molar-refractivity contribution < 1.29 is 34.1 Å². The van der Waals surface area contributed by atoms with E-state index in [9.17, 15) is 19.2 Å². The predicted octanol–water partition coefficient (Wildman–Crippen LogP) is 11.6. The van der Waals surface area contributed by atoms with Crippen molar-refractivity contribution in [2.24, 2.45) is 0 Å². The second kappa shape index (κ2) is 44.1. The van der Waals surface area contributed by atoms with E-state index in [1.54, 1.807) is 0 Å². The third-order valence-corrected chi connectivity index (χ3v) is 9.24. The molecule has 0 fully saturated rings. The van der Waals surface area contributed by atoms with E-state index in [2.05, 4.69) is 128 Å². The molecule has 0 bridgehead atoms. The number of unbranched alkanes of at least 4 members (excludes halogenated alkanes) is 9. The van der Waals surface area contributed by atoms with Crippen molar-refractivity contribution in [1.29, 1.82) is 0 Å². The Morgan fingerprint density at radius 3 is 1.53 bits per heavy atom. The number of esters is 1. The van der Waals surface area contributed by atoms with Crippen molar-refractivity contribution in [1.82, 2.24) is 10.6 Å². The highest BCUT2D eigenvalue weighted by Crippen LogP contribution is 2.14. The van der Waals surface area contributed by atoms with E-state index in [1.807, 2.05) is 6.08 Å². The van der Waals surface area contributed by atoms with Crippen LogP contribution in [0.25, 0.3) is 0 Å². The SMILES string of the molecule is CC/C=C\C/C=C\C/C=C\C/C=C\C/C=C\C/C=C\C/C=C\CCCC(=O)OC(/C=C\C/C=C\CCCCC)CCCCCCCCC(=O)NCC(=O)NC(CO)C(=O)O. The van der Waals surface area contributed by atoms with E-state index in [0.29, 0.717) is 12.8 Å². The highest BCUT2D eigenvalue weighted by atomic mass is 16.5. The number of carboxylic acids is 1. The minimum Gasteiger partial charge on any atom is -0.480 e. The molecule has 0 heterocycles. The Labute approximate surface area is 363 Å². The Kier molecular flexibility index (Phi) is 40.8. The van der Waals surface area contributed by atoms with Gasteiger partial charge in [0.05, 0.1) is 13.2 Å². The average Bonchev–Trinajstić information content (AvgIpc) is 3.23. The first-order chi connectivity index (χ1) is 29.3. The number of hydrogen-bond acceptors (Lipinski definition) is 6. The lowest BCUT2D eigenvalue weighted by Crippen LogP contribution is -2.47. The van der Waals surface area contributed by atoms with Crippen molar-refractivity contribution >= 4 is 23.8 Å². The van der Waals surface area contributed by atoms with Gasteiger partial charge in [0, 0.05) is 12.8 Å². The summed E-state index contributed by atoms with van der Waals surface area (Å²) in [6, 6.07) is -1.39. The molecule has 0 aromatic rings. The third-order valence-electron chi connectivity index (χ3n) is 9.24. The number of aliphatic hydroxyl groups is 1. The molecule has 0 aliphatic rings. The Morgan fingerprint density at radius 1 is 0.533 bits per heavy atom. The lowest BCUT2D eigenvalue weighted by molar-refractivity contribution is -0.147. The summed E-state index contributed by atoms with van der Waals surface area (Å²) in [6.07, 6.45) is 60.0. The minimum absolute atomic E-state index is 0.157. The molecule has 2 atom stereocenters. The molecule has 0 aromatic carbocycles. The zero-order valence-electron chi connectivity index (χ0n) is 37.2. The lowest BCUT2D eigenvalue weighted by Gasteiger charge is -2.14. The fourth-order valence-corrected chi connectivity index (χ4v) is 5.77. The van der Waals surface area contributed by atoms with Crippen LogP contribution in [-0.2, 0) is 23.9 Å². The molecule has 0 radical (unpaired) electrons. The molecular formula is C51H80N2O7. The number of ether oxygens (including phenoxy) is 1. The molecule has 2 amide bonds. The van der Waals surface area contributed by atoms with Crippen LogP contribution in [0.4, 0.5) is 0 Å². The zero-order chi connectivity index (χ0) is 44.0. The first-order valence-corrected chi connectivity index (χ1v) is 22.8. The lowest BCUT2D eigenvalue weighted by atomic mass is 10.1. The molecule has 60 heavy (non-hydrogen) atoms. The first kappa shape index (κ1) is 55.5. The van der Waals surface area contributed by atoms with Crippen molar-refractivity contribution in [3.8, 4) is 0 Å². The number of carbonyl (C=O) groups is 4. The van der Waals surface area contributed by atoms with E-state index in [1.165, 1.54) is 19.3 Å². The fourth-order valence-electron chi connectivity index (χ4n) is 5.77. The maximum Gasteiger partial charge on any atom is 0.328 e. The van der Waals surface area contributed by atoms with Gasteiger partial charge in [-0.25, -0.2) is 4.79 Å². The molecule has 0 saturated carbocycles. The molecule has 0 aromatic heterocycles. The molecule has 2 unspecified atom stereocenters. The number of carbonyl (C=O) groups excluding carboxylic acids is 3. The number of aliphatic hydroxyl groups excluding tert-OH is 1. The van der Waals surface area contributed by atoms with Crippen LogP contribution in [-0.4, -0.2) is 59.3 Å². The monoisotopic (exact) mass is 833 g/mol. The molecule has 336 valence electrons. The largest absolute Gasteiger partial charge is 0.480 e. The first-order valence-electron chi connectivity index (χ1n) is 22.8. The standard InChI is InChI=1S/C51H80N2O7/c1-3-5-7-9-11-13-14-15-16-17-18-19-20-21-22-23-24-25-26-27-29-35-39-43-50(57)60-46(40-36-32-28-12-10-8-6-4-2)41-37-33-30-31-34-38-42-48(55)52-44-49(56)53-47(45-54)51(58)59/h5,7,11-13,15-16,18-19,21-22,24-25,27-29,36,40,46-47,54H,3-4,6,8-10,14,17,20,23,26,30-35,37-39,41-45H2,1-2H3,(H,52,55)(H,53,56)(H,58,59)/b7-5-,13-11-,16-15-,19-18-,22-21-,25-24-,28-12-,29-27-,40-36-. The molecule has 9 heteroatoms. The summed E-state index contributed by atoms with van der Waals surface area (Å²) < 4.78 is 5.89. The summed E-state index contributed by atoms with van der Waals surface area (Å²) in [6.45, 7) is 3.30. The molecule has 4 N–H and O–H groups in total. The van der Waals surface area contributed by atoms with Gasteiger partial charge in [0.2, 0.25) is 11.8 Å². The van der Waals surface area contributed by atoms with Gasteiger partial charge in [0.25, 0.3) is 0 Å². The molecule has 9 nitrogen and oxygen atoms in total. The van der Waals surface area contributed by atoms with E-state index in [-0.39, 0.29) is 30.9 Å².